The van der Waals surface area contributed by atoms with Crippen molar-refractivity contribution < 1.29 is 19.1 Å². The summed E-state index contributed by atoms with van der Waals surface area (Å²) in [5, 5.41) is 8.32. The molecule has 0 aromatic carbocycles. The first-order chi connectivity index (χ1) is 13.7. The van der Waals surface area contributed by atoms with Crippen molar-refractivity contribution in [3.8, 4) is 0 Å². The van der Waals surface area contributed by atoms with Crippen LogP contribution >= 0.6 is 9.24 Å². The summed E-state index contributed by atoms with van der Waals surface area (Å²) in [6.45, 7) is 16.2. The van der Waals surface area contributed by atoms with E-state index in [4.69, 9.17) is 9.47 Å². The molecule has 2 amide bonds. The molecule has 8 heteroatoms. The zero-order valence-electron chi connectivity index (χ0n) is 20.4. The number of hydrogen-bond acceptors (Lipinski definition) is 5. The Kier molecular flexibility index (Phi) is 13.3. The van der Waals surface area contributed by atoms with E-state index in [1.54, 1.807) is 0 Å². The molecule has 7 nitrogen and oxygen atoms in total. The Bertz CT molecular complexity index is 525. The Hall–Kier alpha value is -0.750. The minimum atomic E-state index is -0.713. The van der Waals surface area contributed by atoms with Crippen molar-refractivity contribution in [2.75, 3.05) is 33.4 Å². The highest BCUT2D eigenvalue weighted by atomic mass is 31.0. The molecule has 0 aromatic rings. The average molecular weight is 448 g/mol. The van der Waals surface area contributed by atoms with E-state index in [1.807, 2.05) is 55.5 Å². The molecule has 0 heterocycles. The van der Waals surface area contributed by atoms with Crippen LogP contribution in [0.25, 0.3) is 0 Å². The van der Waals surface area contributed by atoms with Gasteiger partial charge in [-0.2, -0.15) is 0 Å². The van der Waals surface area contributed by atoms with Gasteiger partial charge in [0, 0.05) is 25.1 Å². The monoisotopic (exact) mass is 447 g/mol. The summed E-state index contributed by atoms with van der Waals surface area (Å²) in [5.74, 6) is -0.0113. The molecule has 3 atom stereocenters. The molecule has 0 radical (unpaired) electrons. The summed E-state index contributed by atoms with van der Waals surface area (Å²) in [7, 11) is 4.55. The van der Waals surface area contributed by atoms with Gasteiger partial charge in [-0.1, -0.05) is 0 Å². The Morgan fingerprint density at radius 2 is 1.73 bits per heavy atom. The van der Waals surface area contributed by atoms with Crippen LogP contribution < -0.4 is 16.0 Å². The summed E-state index contributed by atoms with van der Waals surface area (Å²) < 4.78 is 11.9. The van der Waals surface area contributed by atoms with E-state index in [-0.39, 0.29) is 23.5 Å². The summed E-state index contributed by atoms with van der Waals surface area (Å²) in [6, 6.07) is 0. The highest BCUT2D eigenvalue weighted by Gasteiger charge is 2.34. The molecule has 0 aliphatic rings. The lowest BCUT2D eigenvalue weighted by Crippen LogP contribution is -2.53. The third kappa shape index (κ3) is 13.5. The fourth-order valence-corrected chi connectivity index (χ4v) is 2.80. The van der Waals surface area contributed by atoms with Crippen LogP contribution in [-0.2, 0) is 19.1 Å². The maximum Gasteiger partial charge on any atom is 0.232 e. The topological polar surface area (TPSA) is 88.7 Å². The summed E-state index contributed by atoms with van der Waals surface area (Å²) in [4.78, 5) is 24.4. The molecule has 0 aliphatic carbocycles. The van der Waals surface area contributed by atoms with Gasteiger partial charge in [0.1, 0.15) is 0 Å². The van der Waals surface area contributed by atoms with Crippen molar-refractivity contribution in [1.82, 2.24) is 16.0 Å². The van der Waals surface area contributed by atoms with E-state index in [0.29, 0.717) is 39.0 Å². The maximum atomic E-state index is 12.8. The van der Waals surface area contributed by atoms with Crippen molar-refractivity contribution in [2.24, 2.45) is 0 Å². The summed E-state index contributed by atoms with van der Waals surface area (Å²) in [5.41, 5.74) is -0.704. The molecule has 0 rings (SSSR count). The van der Waals surface area contributed by atoms with Crippen molar-refractivity contribution in [3.05, 3.63) is 0 Å². The maximum absolute atomic E-state index is 12.8. The van der Waals surface area contributed by atoms with Crippen LogP contribution in [0.3, 0.4) is 0 Å². The van der Waals surface area contributed by atoms with Gasteiger partial charge in [-0.3, -0.25) is 9.59 Å². The summed E-state index contributed by atoms with van der Waals surface area (Å²) in [6.07, 6.45) is 2.69. The molecule has 3 unspecified atom stereocenters. The lowest BCUT2D eigenvalue weighted by Gasteiger charge is -2.34. The minimum absolute atomic E-state index is 0.000605. The van der Waals surface area contributed by atoms with Crippen LogP contribution in [0, 0.1) is 0 Å². The zero-order chi connectivity index (χ0) is 23.4. The molecule has 0 aliphatic heterocycles. The Balaban J connectivity index is 4.41. The van der Waals surface area contributed by atoms with Gasteiger partial charge in [-0.25, -0.2) is 0 Å². The first-order valence-corrected chi connectivity index (χ1v) is 11.6. The number of carbonyl (C=O) groups is 2. The van der Waals surface area contributed by atoms with E-state index in [9.17, 15) is 9.59 Å². The first-order valence-electron chi connectivity index (χ1n) is 11.0. The third-order valence-corrected chi connectivity index (χ3v) is 5.42. The van der Waals surface area contributed by atoms with Crippen LogP contribution in [0.4, 0.5) is 0 Å². The van der Waals surface area contributed by atoms with Crippen molar-refractivity contribution in [2.45, 2.75) is 96.5 Å². The van der Waals surface area contributed by atoms with E-state index < -0.39 is 10.7 Å². The zero-order valence-corrected chi connectivity index (χ0v) is 21.6. The molecule has 0 bridgehead atoms. The lowest BCUT2D eigenvalue weighted by molar-refractivity contribution is -0.128. The fraction of sp³-hybridized carbons (Fsp3) is 0.909. The molecule has 0 saturated carbocycles. The Morgan fingerprint density at radius 3 is 2.30 bits per heavy atom. The number of ether oxygens (including phenoxy) is 2. The summed E-state index contributed by atoms with van der Waals surface area (Å²) >= 11 is 0. The van der Waals surface area contributed by atoms with Gasteiger partial charge in [-0.15, -0.1) is 9.24 Å². The van der Waals surface area contributed by atoms with Crippen molar-refractivity contribution >= 4 is 21.1 Å². The van der Waals surface area contributed by atoms with Gasteiger partial charge in [0.2, 0.25) is 11.8 Å². The predicted molar refractivity (Wildman–Crippen MR) is 127 cm³/mol. The van der Waals surface area contributed by atoms with Crippen LogP contribution in [0.2, 0.25) is 0 Å². The quantitative estimate of drug-likeness (QED) is 0.317. The standard InChI is InChI=1S/C22H46N3O4P/c1-9-24-18(26)11-10-17(2)28-15-13-20(3,4)25-19(27)22(7,30)16-29-21(5,6)12-14-23-8/h17,23H,9-16,30H2,1-8H3,(H,24,26)(H,25,27). The van der Waals surface area contributed by atoms with Gasteiger partial charge in [0.05, 0.1) is 23.5 Å². The Morgan fingerprint density at radius 1 is 1.10 bits per heavy atom. The molecule has 178 valence electrons. The second-order valence-electron chi connectivity index (χ2n) is 9.58. The number of hydrogen-bond donors (Lipinski definition) is 3. The van der Waals surface area contributed by atoms with Gasteiger partial charge in [-0.05, 0) is 81.3 Å². The van der Waals surface area contributed by atoms with Crippen LogP contribution in [0.5, 0.6) is 0 Å². The molecule has 0 spiro atoms. The molecule has 0 fully saturated rings. The molecule has 0 aromatic heterocycles. The molecule has 3 N–H and O–H groups in total. The van der Waals surface area contributed by atoms with E-state index >= 15 is 0 Å². The van der Waals surface area contributed by atoms with E-state index in [0.717, 1.165) is 13.0 Å². The second kappa shape index (κ2) is 13.6. The van der Waals surface area contributed by atoms with Crippen LogP contribution in [-0.4, -0.2) is 67.6 Å². The predicted octanol–water partition coefficient (Wildman–Crippen LogP) is 2.63. The fourth-order valence-electron chi connectivity index (χ4n) is 2.64. The highest BCUT2D eigenvalue weighted by Crippen LogP contribution is 2.24. The largest absolute Gasteiger partial charge is 0.378 e. The van der Waals surface area contributed by atoms with E-state index in [2.05, 4.69) is 25.2 Å². The number of amides is 2. The average Bonchev–Trinajstić information content (AvgIpc) is 2.63. The van der Waals surface area contributed by atoms with Crippen molar-refractivity contribution in [3.63, 3.8) is 0 Å². The number of carbonyl (C=O) groups excluding carboxylic acids is 2. The Labute approximate surface area is 186 Å². The molecular weight excluding hydrogens is 401 g/mol. The van der Waals surface area contributed by atoms with Crippen molar-refractivity contribution in [1.29, 1.82) is 0 Å². The molecule has 0 saturated heterocycles. The minimum Gasteiger partial charge on any atom is -0.378 e. The van der Waals surface area contributed by atoms with E-state index in [1.165, 1.54) is 0 Å². The number of rotatable bonds is 16. The van der Waals surface area contributed by atoms with Crippen LogP contribution in [0.1, 0.15) is 74.1 Å². The normalized spacial score (nSPS) is 15.4. The third-order valence-electron chi connectivity index (χ3n) is 4.99. The highest BCUT2D eigenvalue weighted by molar-refractivity contribution is 7.21. The second-order valence-corrected chi connectivity index (χ2v) is 10.9. The molecule has 30 heavy (non-hydrogen) atoms. The van der Waals surface area contributed by atoms with Crippen LogP contribution in [0.15, 0.2) is 0 Å². The number of nitrogens with one attached hydrogen (secondary N) is 3. The lowest BCUT2D eigenvalue weighted by atomic mass is 9.99. The van der Waals surface area contributed by atoms with Gasteiger partial charge < -0.3 is 25.4 Å². The van der Waals surface area contributed by atoms with Gasteiger partial charge in [0.15, 0.2) is 0 Å². The van der Waals surface area contributed by atoms with Gasteiger partial charge >= 0.3 is 0 Å². The van der Waals surface area contributed by atoms with Gasteiger partial charge in [0.25, 0.3) is 0 Å². The first kappa shape index (κ1) is 29.2. The molecular formula is C22H46N3O4P. The smallest absolute Gasteiger partial charge is 0.232 e. The SMILES string of the molecule is CCNC(=O)CCC(C)OCCC(C)(C)NC(=O)C(C)(P)COC(C)(C)CCNC.